The van der Waals surface area contributed by atoms with Crippen LogP contribution < -0.4 is 22.8 Å². The lowest BCUT2D eigenvalue weighted by Gasteiger charge is -1.77. The van der Waals surface area contributed by atoms with Crippen molar-refractivity contribution in [2.75, 3.05) is 0 Å². The SMILES string of the molecule is N#CN.O=c1[nH]c(=O)[nH]c(=O)[nH]1. The standard InChI is InChI=1S/C3H3N3O3.CH2N2/c7-1-4-2(8)6-3(9)5-1;2-1-3/h(H3,4,5,6,7,8,9);2H2. The Labute approximate surface area is 64.7 Å². The smallest absolute Gasteiger partial charge is 0.330 e. The van der Waals surface area contributed by atoms with Crippen LogP contribution in [0.4, 0.5) is 0 Å². The summed E-state index contributed by atoms with van der Waals surface area (Å²) in [5, 5.41) is 7.10. The largest absolute Gasteiger partial charge is 0.337 e. The molecule has 0 aliphatic carbocycles. The normalized spacial score (nSPS) is 7.58. The molecule has 8 nitrogen and oxygen atoms in total. The van der Waals surface area contributed by atoms with Crippen LogP contribution >= 0.6 is 0 Å². The fraction of sp³-hybridized carbons (Fsp3) is 0. The van der Waals surface area contributed by atoms with Crippen molar-refractivity contribution < 1.29 is 0 Å². The number of nitrogens with two attached hydrogens (primary N) is 1. The first-order valence-corrected chi connectivity index (χ1v) is 2.62. The predicted molar refractivity (Wildman–Crippen MR) is 38.1 cm³/mol. The third-order valence-corrected chi connectivity index (χ3v) is 0.681. The molecule has 0 radical (unpaired) electrons. The molecular formula is C4H5N5O3. The van der Waals surface area contributed by atoms with Crippen LogP contribution in [0.25, 0.3) is 0 Å². The Morgan fingerprint density at radius 1 is 1.00 bits per heavy atom. The molecule has 0 fully saturated rings. The Kier molecular flexibility index (Phi) is 3.64. The monoisotopic (exact) mass is 171 g/mol. The third kappa shape index (κ3) is 3.67. The van der Waals surface area contributed by atoms with Gasteiger partial charge in [0.25, 0.3) is 0 Å². The van der Waals surface area contributed by atoms with E-state index in [9.17, 15) is 14.4 Å². The number of aromatic amines is 3. The lowest BCUT2D eigenvalue weighted by molar-refractivity contribution is 0.888. The van der Waals surface area contributed by atoms with Gasteiger partial charge in [-0.3, -0.25) is 15.0 Å². The first kappa shape index (κ1) is 9.70. The van der Waals surface area contributed by atoms with Gasteiger partial charge in [0.15, 0.2) is 6.19 Å². The average molecular weight is 171 g/mol. The molecule has 0 bridgehead atoms. The van der Waals surface area contributed by atoms with Crippen molar-refractivity contribution in [1.82, 2.24) is 15.0 Å². The van der Waals surface area contributed by atoms with Crippen molar-refractivity contribution in [3.63, 3.8) is 0 Å². The van der Waals surface area contributed by atoms with Crippen LogP contribution in [0.2, 0.25) is 0 Å². The van der Waals surface area contributed by atoms with E-state index in [1.54, 1.807) is 15.0 Å². The van der Waals surface area contributed by atoms with Crippen LogP contribution in [0.1, 0.15) is 0 Å². The van der Waals surface area contributed by atoms with Crippen molar-refractivity contribution >= 4 is 0 Å². The van der Waals surface area contributed by atoms with E-state index in [1.807, 2.05) is 0 Å². The van der Waals surface area contributed by atoms with Gasteiger partial charge in [0.1, 0.15) is 0 Å². The first-order valence-electron chi connectivity index (χ1n) is 2.62. The lowest BCUT2D eigenvalue weighted by atomic mass is 11.0. The quantitative estimate of drug-likeness (QED) is 0.245. The van der Waals surface area contributed by atoms with Gasteiger partial charge in [-0.25, -0.2) is 14.4 Å². The van der Waals surface area contributed by atoms with E-state index in [-0.39, 0.29) is 0 Å². The van der Waals surface area contributed by atoms with Gasteiger partial charge >= 0.3 is 17.1 Å². The summed E-state index contributed by atoms with van der Waals surface area (Å²) in [7, 11) is 0. The number of nitriles is 1. The van der Waals surface area contributed by atoms with E-state index < -0.39 is 17.1 Å². The van der Waals surface area contributed by atoms with E-state index in [0.29, 0.717) is 0 Å². The van der Waals surface area contributed by atoms with Gasteiger partial charge in [0, 0.05) is 0 Å². The third-order valence-electron chi connectivity index (χ3n) is 0.681. The predicted octanol–water partition coefficient (Wildman–Crippen LogP) is -2.82. The highest BCUT2D eigenvalue weighted by molar-refractivity contribution is 4.60. The Morgan fingerprint density at radius 2 is 1.17 bits per heavy atom. The zero-order valence-electron chi connectivity index (χ0n) is 5.75. The highest BCUT2D eigenvalue weighted by Gasteiger charge is 1.84. The van der Waals surface area contributed by atoms with Crippen LogP contribution in [0.3, 0.4) is 0 Å². The molecule has 5 N–H and O–H groups in total. The second kappa shape index (κ2) is 4.51. The Morgan fingerprint density at radius 3 is 1.33 bits per heavy atom. The molecule has 0 aliphatic rings. The van der Waals surface area contributed by atoms with Gasteiger partial charge in [-0.2, -0.15) is 5.26 Å². The van der Waals surface area contributed by atoms with Crippen molar-refractivity contribution in [2.45, 2.75) is 0 Å². The Hall–Kier alpha value is -2.30. The van der Waals surface area contributed by atoms with E-state index in [2.05, 4.69) is 5.73 Å². The van der Waals surface area contributed by atoms with E-state index in [1.165, 1.54) is 6.19 Å². The van der Waals surface area contributed by atoms with Gasteiger partial charge < -0.3 is 5.73 Å². The number of nitrogens with zero attached hydrogens (tertiary/aromatic N) is 1. The maximum atomic E-state index is 10.2. The highest BCUT2D eigenvalue weighted by Crippen LogP contribution is 1.29. The first-order chi connectivity index (χ1) is 5.60. The van der Waals surface area contributed by atoms with E-state index in [0.717, 1.165) is 0 Å². The van der Waals surface area contributed by atoms with Gasteiger partial charge in [-0.05, 0) is 0 Å². The molecule has 0 saturated heterocycles. The number of aromatic nitrogens is 3. The van der Waals surface area contributed by atoms with Crippen LogP contribution in [0.15, 0.2) is 14.4 Å². The van der Waals surface area contributed by atoms with Gasteiger partial charge in [-0.15, -0.1) is 0 Å². The summed E-state index contributed by atoms with van der Waals surface area (Å²) in [6.07, 6.45) is 1.25. The molecule has 0 atom stereocenters. The second-order valence-corrected chi connectivity index (χ2v) is 1.49. The number of H-pyrrole nitrogens is 3. The van der Waals surface area contributed by atoms with Gasteiger partial charge in [-0.1, -0.05) is 0 Å². The fourth-order valence-electron chi connectivity index (χ4n) is 0.403. The summed E-state index contributed by atoms with van der Waals surface area (Å²) >= 11 is 0. The maximum absolute atomic E-state index is 10.2. The molecule has 12 heavy (non-hydrogen) atoms. The second-order valence-electron chi connectivity index (χ2n) is 1.49. The molecule has 1 aromatic heterocycles. The molecule has 0 aliphatic heterocycles. The molecule has 0 saturated carbocycles. The number of nitrogens with one attached hydrogen (secondary N) is 3. The van der Waals surface area contributed by atoms with E-state index >= 15 is 0 Å². The molecule has 8 heteroatoms. The van der Waals surface area contributed by atoms with Crippen molar-refractivity contribution in [2.24, 2.45) is 5.73 Å². The summed E-state index contributed by atoms with van der Waals surface area (Å²) in [4.78, 5) is 35.9. The summed E-state index contributed by atoms with van der Waals surface area (Å²) in [6, 6.07) is 0. The molecule has 1 rings (SSSR count). The van der Waals surface area contributed by atoms with Crippen molar-refractivity contribution in [3.8, 4) is 6.19 Å². The maximum Gasteiger partial charge on any atom is 0.330 e. The Balaban J connectivity index is 0.000000354. The molecule has 0 amide bonds. The zero-order chi connectivity index (χ0) is 9.56. The molecule has 0 aromatic carbocycles. The molecule has 1 aromatic rings. The summed E-state index contributed by atoms with van der Waals surface area (Å²) in [6.45, 7) is 0. The number of rotatable bonds is 0. The number of hydrogen-bond donors (Lipinski definition) is 4. The molecule has 0 unspecified atom stereocenters. The zero-order valence-corrected chi connectivity index (χ0v) is 5.75. The van der Waals surface area contributed by atoms with Gasteiger partial charge in [0.05, 0.1) is 0 Å². The molecular weight excluding hydrogens is 166 g/mol. The van der Waals surface area contributed by atoms with Crippen LogP contribution in [0.5, 0.6) is 0 Å². The lowest BCUT2D eigenvalue weighted by Crippen LogP contribution is -2.34. The molecule has 64 valence electrons. The minimum absolute atomic E-state index is 0.802. The van der Waals surface area contributed by atoms with Crippen LogP contribution in [-0.2, 0) is 0 Å². The summed E-state index contributed by atoms with van der Waals surface area (Å²) in [5.74, 6) is 0. The summed E-state index contributed by atoms with van der Waals surface area (Å²) < 4.78 is 0. The van der Waals surface area contributed by atoms with E-state index in [4.69, 9.17) is 5.26 Å². The van der Waals surface area contributed by atoms with Crippen LogP contribution in [0, 0.1) is 11.5 Å². The topological polar surface area (TPSA) is 148 Å². The average Bonchev–Trinajstić information content (AvgIpc) is 1.84. The molecule has 0 spiro atoms. The highest BCUT2D eigenvalue weighted by atomic mass is 16.2. The molecule has 1 heterocycles. The fourth-order valence-corrected chi connectivity index (χ4v) is 0.403. The summed E-state index contributed by atoms with van der Waals surface area (Å²) in [5.41, 5.74) is 1.75. The van der Waals surface area contributed by atoms with Gasteiger partial charge in [0.2, 0.25) is 0 Å². The van der Waals surface area contributed by atoms with Crippen molar-refractivity contribution in [3.05, 3.63) is 31.5 Å². The Bertz CT molecular complexity index is 353. The van der Waals surface area contributed by atoms with Crippen LogP contribution in [-0.4, -0.2) is 15.0 Å². The minimum atomic E-state index is -0.802. The minimum Gasteiger partial charge on any atom is -0.337 e. The number of hydrogen-bond acceptors (Lipinski definition) is 5. The van der Waals surface area contributed by atoms with Crippen molar-refractivity contribution in [1.29, 1.82) is 5.26 Å².